The molecular formula is C20H20N2O. The smallest absolute Gasteiger partial charge is 0.259 e. The summed E-state index contributed by atoms with van der Waals surface area (Å²) in [6.07, 6.45) is 3.79. The molecule has 0 saturated heterocycles. The molecule has 3 aromatic rings. The Bertz CT molecular complexity index is 913. The summed E-state index contributed by atoms with van der Waals surface area (Å²) < 4.78 is 0. The molecule has 3 nitrogen and oxygen atoms in total. The summed E-state index contributed by atoms with van der Waals surface area (Å²) in [5.41, 5.74) is 3.12. The number of fused-ring (bicyclic) bond motifs is 1. The summed E-state index contributed by atoms with van der Waals surface area (Å²) in [6.45, 7) is 6.59. The third-order valence-corrected chi connectivity index (χ3v) is 3.84. The molecule has 0 spiro atoms. The van der Waals surface area contributed by atoms with Crippen molar-refractivity contribution in [3.8, 4) is 0 Å². The maximum absolute atomic E-state index is 12.0. The van der Waals surface area contributed by atoms with E-state index in [1.54, 1.807) is 6.07 Å². The number of nitrogens with one attached hydrogen (secondary N) is 1. The second-order valence-electron chi connectivity index (χ2n) is 6.67. The van der Waals surface area contributed by atoms with Crippen molar-refractivity contribution in [2.45, 2.75) is 26.2 Å². The van der Waals surface area contributed by atoms with Crippen LogP contribution in [0.4, 0.5) is 0 Å². The quantitative estimate of drug-likeness (QED) is 0.763. The average molecular weight is 304 g/mol. The number of H-pyrrole nitrogens is 1. The Morgan fingerprint density at radius 1 is 0.957 bits per heavy atom. The highest BCUT2D eigenvalue weighted by Crippen LogP contribution is 2.22. The van der Waals surface area contributed by atoms with Crippen molar-refractivity contribution < 1.29 is 0 Å². The van der Waals surface area contributed by atoms with Crippen LogP contribution in [0.1, 0.15) is 37.7 Å². The van der Waals surface area contributed by atoms with Crippen LogP contribution in [0.5, 0.6) is 0 Å². The van der Waals surface area contributed by atoms with E-state index < -0.39 is 0 Å². The number of aromatic nitrogens is 2. The van der Waals surface area contributed by atoms with Crippen LogP contribution in [-0.4, -0.2) is 9.97 Å². The first kappa shape index (κ1) is 15.2. The highest BCUT2D eigenvalue weighted by Gasteiger charge is 2.12. The molecule has 0 atom stereocenters. The van der Waals surface area contributed by atoms with Gasteiger partial charge in [0, 0.05) is 0 Å². The SMILES string of the molecule is CC(C)(C)c1ccc(/C=C/c2nc3ccccc3c(=O)[nH]2)cc1. The van der Waals surface area contributed by atoms with Crippen molar-refractivity contribution in [1.82, 2.24) is 9.97 Å². The molecule has 3 rings (SSSR count). The van der Waals surface area contributed by atoms with Crippen LogP contribution in [-0.2, 0) is 5.41 Å². The van der Waals surface area contributed by atoms with Gasteiger partial charge in [0.05, 0.1) is 10.9 Å². The van der Waals surface area contributed by atoms with Gasteiger partial charge in [-0.3, -0.25) is 4.79 Å². The first-order chi connectivity index (χ1) is 10.9. The molecule has 0 saturated carbocycles. The van der Waals surface area contributed by atoms with E-state index in [0.29, 0.717) is 16.7 Å². The number of benzene rings is 2. The topological polar surface area (TPSA) is 45.8 Å². The van der Waals surface area contributed by atoms with E-state index in [9.17, 15) is 4.79 Å². The Hall–Kier alpha value is -2.68. The number of hydrogen-bond donors (Lipinski definition) is 1. The summed E-state index contributed by atoms with van der Waals surface area (Å²) in [5, 5.41) is 0.610. The Balaban J connectivity index is 1.89. The van der Waals surface area contributed by atoms with Crippen LogP contribution in [0.2, 0.25) is 0 Å². The minimum absolute atomic E-state index is 0.113. The van der Waals surface area contributed by atoms with Gasteiger partial charge >= 0.3 is 0 Å². The zero-order valence-corrected chi connectivity index (χ0v) is 13.6. The zero-order chi connectivity index (χ0) is 16.4. The summed E-state index contributed by atoms with van der Waals surface area (Å²) in [4.78, 5) is 19.3. The first-order valence-corrected chi connectivity index (χ1v) is 7.71. The van der Waals surface area contributed by atoms with Crippen LogP contribution >= 0.6 is 0 Å². The molecule has 2 aromatic carbocycles. The lowest BCUT2D eigenvalue weighted by molar-refractivity contribution is 0.590. The van der Waals surface area contributed by atoms with Gasteiger partial charge in [0.2, 0.25) is 0 Å². The van der Waals surface area contributed by atoms with Gasteiger partial charge in [0.25, 0.3) is 5.56 Å². The van der Waals surface area contributed by atoms with Crippen LogP contribution in [0.25, 0.3) is 23.1 Å². The third kappa shape index (κ3) is 3.39. The largest absolute Gasteiger partial charge is 0.306 e. The molecule has 1 aromatic heterocycles. The fourth-order valence-corrected chi connectivity index (χ4v) is 2.45. The Morgan fingerprint density at radius 2 is 1.65 bits per heavy atom. The van der Waals surface area contributed by atoms with Crippen LogP contribution in [0, 0.1) is 0 Å². The van der Waals surface area contributed by atoms with Crippen molar-refractivity contribution in [2.24, 2.45) is 0 Å². The molecular weight excluding hydrogens is 284 g/mol. The first-order valence-electron chi connectivity index (χ1n) is 7.71. The molecule has 0 aliphatic heterocycles. The molecule has 0 amide bonds. The molecule has 3 heteroatoms. The normalized spacial score (nSPS) is 12.1. The summed E-state index contributed by atoms with van der Waals surface area (Å²) in [6, 6.07) is 15.8. The summed E-state index contributed by atoms with van der Waals surface area (Å²) >= 11 is 0. The van der Waals surface area contributed by atoms with E-state index >= 15 is 0 Å². The van der Waals surface area contributed by atoms with Gasteiger partial charge in [-0.2, -0.15) is 0 Å². The lowest BCUT2D eigenvalue weighted by Gasteiger charge is -2.18. The van der Waals surface area contributed by atoms with Crippen molar-refractivity contribution in [3.05, 3.63) is 75.8 Å². The molecule has 0 aliphatic carbocycles. The van der Waals surface area contributed by atoms with Crippen LogP contribution in [0.15, 0.2) is 53.3 Å². The molecule has 0 fully saturated rings. The van der Waals surface area contributed by atoms with Crippen molar-refractivity contribution in [1.29, 1.82) is 0 Å². The minimum atomic E-state index is -0.113. The van der Waals surface area contributed by atoms with Gasteiger partial charge in [-0.05, 0) is 34.8 Å². The van der Waals surface area contributed by atoms with E-state index in [0.717, 1.165) is 5.56 Å². The summed E-state index contributed by atoms with van der Waals surface area (Å²) in [7, 11) is 0. The van der Waals surface area contributed by atoms with Gasteiger partial charge in [0.1, 0.15) is 5.82 Å². The zero-order valence-electron chi connectivity index (χ0n) is 13.6. The predicted octanol–water partition coefficient (Wildman–Crippen LogP) is 4.39. The molecule has 0 bridgehead atoms. The molecule has 0 aliphatic rings. The van der Waals surface area contributed by atoms with Crippen molar-refractivity contribution in [3.63, 3.8) is 0 Å². The minimum Gasteiger partial charge on any atom is -0.306 e. The second kappa shape index (κ2) is 5.84. The van der Waals surface area contributed by atoms with Gasteiger partial charge < -0.3 is 4.98 Å². The van der Waals surface area contributed by atoms with E-state index in [2.05, 4.69) is 55.0 Å². The monoisotopic (exact) mass is 304 g/mol. The fourth-order valence-electron chi connectivity index (χ4n) is 2.45. The molecule has 0 radical (unpaired) electrons. The maximum atomic E-state index is 12.0. The van der Waals surface area contributed by atoms with E-state index in [1.165, 1.54) is 5.56 Å². The van der Waals surface area contributed by atoms with Gasteiger partial charge in [-0.15, -0.1) is 0 Å². The maximum Gasteiger partial charge on any atom is 0.259 e. The van der Waals surface area contributed by atoms with Gasteiger partial charge in [0.15, 0.2) is 0 Å². The average Bonchev–Trinajstić information content (AvgIpc) is 2.52. The Morgan fingerprint density at radius 3 is 2.35 bits per heavy atom. The highest BCUT2D eigenvalue weighted by molar-refractivity contribution is 5.78. The number of aromatic amines is 1. The lowest BCUT2D eigenvalue weighted by atomic mass is 9.87. The highest BCUT2D eigenvalue weighted by atomic mass is 16.1. The molecule has 23 heavy (non-hydrogen) atoms. The molecule has 1 heterocycles. The second-order valence-corrected chi connectivity index (χ2v) is 6.67. The number of nitrogens with zero attached hydrogens (tertiary/aromatic N) is 1. The number of rotatable bonds is 2. The van der Waals surface area contributed by atoms with Crippen molar-refractivity contribution >= 4 is 23.1 Å². The van der Waals surface area contributed by atoms with E-state index in [1.807, 2.05) is 30.4 Å². The standard InChI is InChI=1S/C20H20N2O/c1-20(2,3)15-11-8-14(9-12-15)10-13-18-21-17-7-5-4-6-16(17)19(23)22-18/h4-13H,1-3H3,(H,21,22,23)/b13-10+. The number of para-hydroxylation sites is 1. The van der Waals surface area contributed by atoms with Crippen LogP contribution < -0.4 is 5.56 Å². The van der Waals surface area contributed by atoms with Gasteiger partial charge in [-0.1, -0.05) is 63.2 Å². The van der Waals surface area contributed by atoms with E-state index in [-0.39, 0.29) is 11.0 Å². The van der Waals surface area contributed by atoms with E-state index in [4.69, 9.17) is 0 Å². The Kier molecular flexibility index (Phi) is 3.87. The summed E-state index contributed by atoms with van der Waals surface area (Å²) in [5.74, 6) is 0.564. The third-order valence-electron chi connectivity index (χ3n) is 3.84. The number of hydrogen-bond acceptors (Lipinski definition) is 2. The van der Waals surface area contributed by atoms with Gasteiger partial charge in [-0.25, -0.2) is 4.98 Å². The van der Waals surface area contributed by atoms with Crippen LogP contribution in [0.3, 0.4) is 0 Å². The molecule has 0 unspecified atom stereocenters. The molecule has 1 N–H and O–H groups in total. The Labute approximate surface area is 135 Å². The predicted molar refractivity (Wildman–Crippen MR) is 96.4 cm³/mol. The van der Waals surface area contributed by atoms with Crippen molar-refractivity contribution in [2.75, 3.05) is 0 Å². The fraction of sp³-hybridized carbons (Fsp3) is 0.200. The lowest BCUT2D eigenvalue weighted by Crippen LogP contribution is -2.10. The molecule has 116 valence electrons.